The van der Waals surface area contributed by atoms with Gasteiger partial charge in [0, 0.05) is 6.04 Å². The lowest BCUT2D eigenvalue weighted by Crippen LogP contribution is -2.35. The van der Waals surface area contributed by atoms with E-state index in [-0.39, 0.29) is 15.8 Å². The highest BCUT2D eigenvalue weighted by molar-refractivity contribution is 7.93. The van der Waals surface area contributed by atoms with Gasteiger partial charge in [0.05, 0.1) is 15.5 Å². The van der Waals surface area contributed by atoms with Crippen molar-refractivity contribution in [3.8, 4) is 0 Å². The quantitative estimate of drug-likeness (QED) is 0.904. The average molecular weight is 352 g/mol. The van der Waals surface area contributed by atoms with E-state index in [1.165, 1.54) is 28.6 Å². The van der Waals surface area contributed by atoms with Crippen molar-refractivity contribution in [2.24, 2.45) is 5.14 Å². The van der Waals surface area contributed by atoms with Crippen LogP contribution in [-0.4, -0.2) is 22.9 Å². The number of fused-ring (bicyclic) bond motifs is 1. The highest BCUT2D eigenvalue weighted by Gasteiger charge is 2.35. The number of hydrogen-bond donors (Lipinski definition) is 1. The highest BCUT2D eigenvalue weighted by atomic mass is 32.2. The molecule has 3 rings (SSSR count). The zero-order valence-corrected chi connectivity index (χ0v) is 14.0. The Morgan fingerprint density at radius 3 is 2.13 bits per heavy atom. The van der Waals surface area contributed by atoms with Crippen LogP contribution >= 0.6 is 0 Å². The van der Waals surface area contributed by atoms with Gasteiger partial charge in [-0.2, -0.15) is 0 Å². The van der Waals surface area contributed by atoms with Crippen LogP contribution in [0.2, 0.25) is 0 Å². The molecule has 0 aliphatic carbocycles. The van der Waals surface area contributed by atoms with Gasteiger partial charge in [-0.1, -0.05) is 18.2 Å². The summed E-state index contributed by atoms with van der Waals surface area (Å²) in [5, 5.41) is 5.04. The van der Waals surface area contributed by atoms with Crippen molar-refractivity contribution in [2.75, 3.05) is 4.31 Å². The Kier molecular flexibility index (Phi) is 3.70. The lowest BCUT2D eigenvalue weighted by molar-refractivity contribution is 0.583. The summed E-state index contributed by atoms with van der Waals surface area (Å²) in [6.07, 6.45) is 0.644. The molecule has 0 amide bonds. The molecule has 0 spiro atoms. The minimum atomic E-state index is -3.85. The molecule has 23 heavy (non-hydrogen) atoms. The minimum absolute atomic E-state index is 0.0356. The third-order valence-corrected chi connectivity index (χ3v) is 6.73. The summed E-state index contributed by atoms with van der Waals surface area (Å²) in [5.41, 5.74) is 1.64. The maximum Gasteiger partial charge on any atom is 0.264 e. The van der Waals surface area contributed by atoms with Gasteiger partial charge in [-0.25, -0.2) is 22.0 Å². The van der Waals surface area contributed by atoms with Gasteiger partial charge in [0.1, 0.15) is 0 Å². The van der Waals surface area contributed by atoms with Gasteiger partial charge < -0.3 is 0 Å². The molecule has 1 aliphatic rings. The largest absolute Gasteiger partial charge is 0.264 e. The second-order valence-electron chi connectivity index (χ2n) is 5.50. The molecule has 0 saturated heterocycles. The SMILES string of the molecule is C[C@@H]1Cc2ccccc2N1S(=O)(=O)c1ccc(S(N)(=O)=O)cc1. The number of primary sulfonamides is 1. The molecule has 1 heterocycles. The van der Waals surface area contributed by atoms with E-state index < -0.39 is 20.0 Å². The van der Waals surface area contributed by atoms with Gasteiger partial charge >= 0.3 is 0 Å². The number of nitrogens with two attached hydrogens (primary N) is 1. The first kappa shape index (κ1) is 16.0. The van der Waals surface area contributed by atoms with Crippen molar-refractivity contribution < 1.29 is 16.8 Å². The van der Waals surface area contributed by atoms with Crippen LogP contribution in [0, 0.1) is 0 Å². The Bertz CT molecular complexity index is 951. The van der Waals surface area contributed by atoms with Crippen molar-refractivity contribution >= 4 is 25.7 Å². The Balaban J connectivity index is 2.06. The molecule has 0 saturated carbocycles. The fourth-order valence-electron chi connectivity index (χ4n) is 2.82. The summed E-state index contributed by atoms with van der Waals surface area (Å²) >= 11 is 0. The van der Waals surface area contributed by atoms with Crippen molar-refractivity contribution in [3.05, 3.63) is 54.1 Å². The fourth-order valence-corrected chi connectivity index (χ4v) is 5.03. The van der Waals surface area contributed by atoms with E-state index in [0.717, 1.165) is 5.56 Å². The third-order valence-electron chi connectivity index (χ3n) is 3.85. The standard InChI is InChI=1S/C15H16N2O4S2/c1-11-10-12-4-2-3-5-15(12)17(11)23(20,21)14-8-6-13(7-9-14)22(16,18)19/h2-9,11H,10H2,1H3,(H2,16,18,19)/t11-/m1/s1. The van der Waals surface area contributed by atoms with Gasteiger partial charge in [-0.3, -0.25) is 4.31 Å². The predicted molar refractivity (Wildman–Crippen MR) is 87.1 cm³/mol. The molecule has 2 aromatic rings. The molecule has 0 aromatic heterocycles. The second kappa shape index (κ2) is 5.33. The van der Waals surface area contributed by atoms with E-state index in [0.29, 0.717) is 12.1 Å². The molecular formula is C15H16N2O4S2. The van der Waals surface area contributed by atoms with Crippen LogP contribution in [0.15, 0.2) is 58.3 Å². The molecule has 1 aliphatic heterocycles. The number of rotatable bonds is 3. The summed E-state index contributed by atoms with van der Waals surface area (Å²) in [4.78, 5) is -0.0835. The molecule has 1 atom stereocenters. The lowest BCUT2D eigenvalue weighted by atomic mass is 10.1. The summed E-state index contributed by atoms with van der Waals surface area (Å²) in [6, 6.07) is 12.1. The Hall–Kier alpha value is -1.90. The Morgan fingerprint density at radius 1 is 0.957 bits per heavy atom. The summed E-state index contributed by atoms with van der Waals surface area (Å²) in [7, 11) is -7.62. The van der Waals surface area contributed by atoms with Gasteiger partial charge in [0.15, 0.2) is 0 Å². The summed E-state index contributed by atoms with van der Waals surface area (Å²) in [6.45, 7) is 1.84. The van der Waals surface area contributed by atoms with E-state index in [9.17, 15) is 16.8 Å². The van der Waals surface area contributed by atoms with Gasteiger partial charge in [-0.15, -0.1) is 0 Å². The predicted octanol–water partition coefficient (Wildman–Crippen LogP) is 1.47. The molecular weight excluding hydrogens is 336 g/mol. The zero-order chi connectivity index (χ0) is 16.8. The third kappa shape index (κ3) is 2.73. The van der Waals surface area contributed by atoms with E-state index in [1.54, 1.807) is 12.1 Å². The topological polar surface area (TPSA) is 97.5 Å². The molecule has 0 radical (unpaired) electrons. The fraction of sp³-hybridized carbons (Fsp3) is 0.200. The molecule has 0 unspecified atom stereocenters. The van der Waals surface area contributed by atoms with Gasteiger partial charge in [0.2, 0.25) is 10.0 Å². The van der Waals surface area contributed by atoms with Crippen molar-refractivity contribution in [1.29, 1.82) is 0 Å². The van der Waals surface area contributed by atoms with Gasteiger partial charge in [-0.05, 0) is 49.2 Å². The van der Waals surface area contributed by atoms with Crippen LogP contribution in [0.1, 0.15) is 12.5 Å². The van der Waals surface area contributed by atoms with Crippen molar-refractivity contribution in [2.45, 2.75) is 29.2 Å². The number of hydrogen-bond acceptors (Lipinski definition) is 4. The van der Waals surface area contributed by atoms with Crippen molar-refractivity contribution in [3.63, 3.8) is 0 Å². The van der Waals surface area contributed by atoms with E-state index in [4.69, 9.17) is 5.14 Å². The van der Waals surface area contributed by atoms with Crippen molar-refractivity contribution in [1.82, 2.24) is 0 Å². The number of anilines is 1. The smallest absolute Gasteiger partial charge is 0.263 e. The van der Waals surface area contributed by atoms with Crippen LogP contribution < -0.4 is 9.44 Å². The van der Waals surface area contributed by atoms with Crippen LogP contribution in [0.3, 0.4) is 0 Å². The maximum atomic E-state index is 12.9. The normalized spacial score (nSPS) is 18.0. The number of para-hydroxylation sites is 1. The molecule has 122 valence electrons. The average Bonchev–Trinajstić information content (AvgIpc) is 2.83. The number of nitrogens with zero attached hydrogens (tertiary/aromatic N) is 1. The molecule has 2 N–H and O–H groups in total. The first-order valence-corrected chi connectivity index (χ1v) is 9.95. The Morgan fingerprint density at radius 2 is 1.52 bits per heavy atom. The number of sulfonamides is 2. The first-order valence-electron chi connectivity index (χ1n) is 6.96. The summed E-state index contributed by atoms with van der Waals surface area (Å²) < 4.78 is 49.8. The Labute approximate surface area is 135 Å². The van der Waals surface area contributed by atoms with Crippen LogP contribution in [0.25, 0.3) is 0 Å². The van der Waals surface area contributed by atoms with Crippen LogP contribution in [0.5, 0.6) is 0 Å². The molecule has 0 fully saturated rings. The van der Waals surface area contributed by atoms with E-state index in [1.807, 2.05) is 19.1 Å². The molecule has 6 nitrogen and oxygen atoms in total. The van der Waals surface area contributed by atoms with Gasteiger partial charge in [0.25, 0.3) is 10.0 Å². The highest BCUT2D eigenvalue weighted by Crippen LogP contribution is 2.36. The first-order chi connectivity index (χ1) is 10.7. The summed E-state index contributed by atoms with van der Waals surface area (Å²) in [5.74, 6) is 0. The van der Waals surface area contributed by atoms with E-state index in [2.05, 4.69) is 0 Å². The second-order valence-corrected chi connectivity index (χ2v) is 8.88. The molecule has 2 aromatic carbocycles. The minimum Gasteiger partial charge on any atom is -0.263 e. The van der Waals surface area contributed by atoms with Crippen LogP contribution in [0.4, 0.5) is 5.69 Å². The molecule has 0 bridgehead atoms. The van der Waals surface area contributed by atoms with E-state index >= 15 is 0 Å². The van der Waals surface area contributed by atoms with Crippen LogP contribution in [-0.2, 0) is 26.5 Å². The number of benzene rings is 2. The maximum absolute atomic E-state index is 12.9. The lowest BCUT2D eigenvalue weighted by Gasteiger charge is -2.24. The zero-order valence-electron chi connectivity index (χ0n) is 12.4. The monoisotopic (exact) mass is 352 g/mol. The molecule has 8 heteroatoms.